The zero-order valence-electron chi connectivity index (χ0n) is 9.53. The van der Waals surface area contributed by atoms with Gasteiger partial charge in [0.25, 0.3) is 0 Å². The van der Waals surface area contributed by atoms with E-state index in [4.69, 9.17) is 0 Å². The summed E-state index contributed by atoms with van der Waals surface area (Å²) in [6.07, 6.45) is 4.63. The Morgan fingerprint density at radius 3 is 2.94 bits per heavy atom. The van der Waals surface area contributed by atoms with E-state index in [0.29, 0.717) is 0 Å². The first-order chi connectivity index (χ1) is 7.85. The average molecular weight is 233 g/mol. The smallest absolute Gasteiger partial charge is 0.125 e. The van der Waals surface area contributed by atoms with E-state index in [1.54, 1.807) is 17.5 Å². The van der Waals surface area contributed by atoms with Gasteiger partial charge in [0.2, 0.25) is 0 Å². The van der Waals surface area contributed by atoms with Gasteiger partial charge in [0.1, 0.15) is 5.01 Å². The maximum absolute atomic E-state index is 4.66. The molecule has 0 saturated carbocycles. The number of thiazole rings is 1. The molecule has 0 aliphatic rings. The number of nitrogens with zero attached hydrogens (tertiary/aromatic N) is 2. The standard InChI is InChI=1S/C12H15N3S/c1-3-10-11(8-13-2)16-12(15-10)9-5-4-6-14-7-9/h4-7,13H,3,8H2,1-2H3. The molecule has 0 aliphatic heterocycles. The summed E-state index contributed by atoms with van der Waals surface area (Å²) >= 11 is 1.75. The molecular formula is C12H15N3S. The first-order valence-corrected chi connectivity index (χ1v) is 6.20. The van der Waals surface area contributed by atoms with Crippen LogP contribution >= 0.6 is 11.3 Å². The van der Waals surface area contributed by atoms with Crippen molar-refractivity contribution in [2.75, 3.05) is 7.05 Å². The van der Waals surface area contributed by atoms with Crippen LogP contribution in [-0.4, -0.2) is 17.0 Å². The van der Waals surface area contributed by atoms with Gasteiger partial charge in [0, 0.05) is 29.4 Å². The van der Waals surface area contributed by atoms with Crippen LogP contribution in [0.3, 0.4) is 0 Å². The number of nitrogens with one attached hydrogen (secondary N) is 1. The highest BCUT2D eigenvalue weighted by molar-refractivity contribution is 7.15. The molecule has 0 spiro atoms. The monoisotopic (exact) mass is 233 g/mol. The van der Waals surface area contributed by atoms with E-state index in [9.17, 15) is 0 Å². The SMILES string of the molecule is CCc1nc(-c2cccnc2)sc1CNC. The Labute approximate surface area is 99.6 Å². The lowest BCUT2D eigenvalue weighted by Gasteiger charge is -1.96. The van der Waals surface area contributed by atoms with Crippen LogP contribution in [0.4, 0.5) is 0 Å². The zero-order chi connectivity index (χ0) is 11.4. The third-order valence-corrected chi connectivity index (χ3v) is 3.51. The Balaban J connectivity index is 2.36. The fourth-order valence-electron chi connectivity index (χ4n) is 1.57. The minimum atomic E-state index is 0.890. The summed E-state index contributed by atoms with van der Waals surface area (Å²) < 4.78 is 0. The molecule has 2 rings (SSSR count). The Hall–Kier alpha value is -1.26. The van der Waals surface area contributed by atoms with Gasteiger partial charge in [0.15, 0.2) is 0 Å². The summed E-state index contributed by atoms with van der Waals surface area (Å²) in [6.45, 7) is 3.03. The van der Waals surface area contributed by atoms with Crippen molar-refractivity contribution >= 4 is 11.3 Å². The van der Waals surface area contributed by atoms with Crippen molar-refractivity contribution in [2.45, 2.75) is 19.9 Å². The maximum Gasteiger partial charge on any atom is 0.125 e. The van der Waals surface area contributed by atoms with Gasteiger partial charge < -0.3 is 5.32 Å². The second kappa shape index (κ2) is 5.18. The van der Waals surface area contributed by atoms with Gasteiger partial charge in [-0.2, -0.15) is 0 Å². The molecule has 0 atom stereocenters. The topological polar surface area (TPSA) is 37.8 Å². The van der Waals surface area contributed by atoms with Gasteiger partial charge in [-0.15, -0.1) is 11.3 Å². The van der Waals surface area contributed by atoms with E-state index in [1.165, 1.54) is 10.6 Å². The molecule has 0 unspecified atom stereocenters. The summed E-state index contributed by atoms with van der Waals surface area (Å²) in [4.78, 5) is 10.1. The van der Waals surface area contributed by atoms with E-state index in [0.717, 1.165) is 23.5 Å². The third-order valence-electron chi connectivity index (χ3n) is 2.36. The molecule has 2 aromatic heterocycles. The Morgan fingerprint density at radius 2 is 2.31 bits per heavy atom. The summed E-state index contributed by atoms with van der Waals surface area (Å²) in [5.74, 6) is 0. The van der Waals surface area contributed by atoms with Crippen LogP contribution in [0, 0.1) is 0 Å². The van der Waals surface area contributed by atoms with Gasteiger partial charge in [-0.05, 0) is 25.6 Å². The Morgan fingerprint density at radius 1 is 1.44 bits per heavy atom. The van der Waals surface area contributed by atoms with Gasteiger partial charge in [-0.25, -0.2) is 4.98 Å². The highest BCUT2D eigenvalue weighted by Gasteiger charge is 2.10. The fraction of sp³-hybridized carbons (Fsp3) is 0.333. The minimum absolute atomic E-state index is 0.890. The number of aromatic nitrogens is 2. The number of aryl methyl sites for hydroxylation is 1. The van der Waals surface area contributed by atoms with Crippen LogP contribution in [0.5, 0.6) is 0 Å². The fourth-order valence-corrected chi connectivity index (χ4v) is 2.72. The highest BCUT2D eigenvalue weighted by Crippen LogP contribution is 2.27. The first-order valence-electron chi connectivity index (χ1n) is 5.38. The molecule has 0 saturated heterocycles. The van der Waals surface area contributed by atoms with E-state index in [2.05, 4.69) is 28.3 Å². The number of rotatable bonds is 4. The Bertz CT molecular complexity index is 451. The molecule has 0 bridgehead atoms. The third kappa shape index (κ3) is 2.28. The highest BCUT2D eigenvalue weighted by atomic mass is 32.1. The summed E-state index contributed by atoms with van der Waals surface area (Å²) in [6, 6.07) is 3.99. The normalized spacial score (nSPS) is 10.6. The molecule has 2 aromatic rings. The average Bonchev–Trinajstić information content (AvgIpc) is 2.74. The van der Waals surface area contributed by atoms with Gasteiger partial charge in [-0.3, -0.25) is 4.98 Å². The van der Waals surface area contributed by atoms with Crippen molar-refractivity contribution < 1.29 is 0 Å². The first kappa shape index (κ1) is 11.2. The van der Waals surface area contributed by atoms with Crippen molar-refractivity contribution in [3.63, 3.8) is 0 Å². The lowest BCUT2D eigenvalue weighted by Crippen LogP contribution is -2.05. The summed E-state index contributed by atoms with van der Waals surface area (Å²) in [7, 11) is 1.96. The van der Waals surface area contributed by atoms with Crippen molar-refractivity contribution in [1.82, 2.24) is 15.3 Å². The predicted molar refractivity (Wildman–Crippen MR) is 67.5 cm³/mol. The number of hydrogen-bond donors (Lipinski definition) is 1. The van der Waals surface area contributed by atoms with Crippen LogP contribution in [0.15, 0.2) is 24.5 Å². The molecule has 4 heteroatoms. The maximum atomic E-state index is 4.66. The molecule has 0 fully saturated rings. The molecule has 0 amide bonds. The summed E-state index contributed by atoms with van der Waals surface area (Å²) in [5.41, 5.74) is 2.29. The Kier molecular flexibility index (Phi) is 3.64. The molecule has 2 heterocycles. The van der Waals surface area contributed by atoms with E-state index in [-0.39, 0.29) is 0 Å². The van der Waals surface area contributed by atoms with Crippen molar-refractivity contribution in [3.05, 3.63) is 35.1 Å². The molecule has 0 aromatic carbocycles. The van der Waals surface area contributed by atoms with Crippen LogP contribution in [0.25, 0.3) is 10.6 Å². The zero-order valence-corrected chi connectivity index (χ0v) is 10.3. The van der Waals surface area contributed by atoms with Crippen LogP contribution in [0.1, 0.15) is 17.5 Å². The van der Waals surface area contributed by atoms with E-state index in [1.807, 2.05) is 19.3 Å². The van der Waals surface area contributed by atoms with Crippen LogP contribution in [-0.2, 0) is 13.0 Å². The second-order valence-electron chi connectivity index (χ2n) is 3.51. The molecule has 0 aliphatic carbocycles. The van der Waals surface area contributed by atoms with Crippen molar-refractivity contribution in [2.24, 2.45) is 0 Å². The molecule has 0 radical (unpaired) electrons. The predicted octanol–water partition coefficient (Wildman–Crippen LogP) is 2.49. The quantitative estimate of drug-likeness (QED) is 0.881. The number of pyridine rings is 1. The second-order valence-corrected chi connectivity index (χ2v) is 4.60. The molecule has 84 valence electrons. The van der Waals surface area contributed by atoms with Gasteiger partial charge in [0.05, 0.1) is 5.69 Å². The molecule has 1 N–H and O–H groups in total. The number of hydrogen-bond acceptors (Lipinski definition) is 4. The van der Waals surface area contributed by atoms with Crippen LogP contribution in [0.2, 0.25) is 0 Å². The van der Waals surface area contributed by atoms with E-state index < -0.39 is 0 Å². The minimum Gasteiger partial charge on any atom is -0.315 e. The lowest BCUT2D eigenvalue weighted by atomic mass is 10.3. The molecule has 3 nitrogen and oxygen atoms in total. The lowest BCUT2D eigenvalue weighted by molar-refractivity contribution is 0.815. The largest absolute Gasteiger partial charge is 0.315 e. The molecular weight excluding hydrogens is 218 g/mol. The van der Waals surface area contributed by atoms with Crippen molar-refractivity contribution in [3.8, 4) is 10.6 Å². The van der Waals surface area contributed by atoms with Crippen LogP contribution < -0.4 is 5.32 Å². The van der Waals surface area contributed by atoms with Crippen molar-refractivity contribution in [1.29, 1.82) is 0 Å². The molecule has 16 heavy (non-hydrogen) atoms. The van der Waals surface area contributed by atoms with E-state index >= 15 is 0 Å². The van der Waals surface area contributed by atoms with Gasteiger partial charge in [-0.1, -0.05) is 6.92 Å². The van der Waals surface area contributed by atoms with Gasteiger partial charge >= 0.3 is 0 Å². The summed E-state index contributed by atoms with van der Waals surface area (Å²) in [5, 5.41) is 4.24.